The zero-order chi connectivity index (χ0) is 8.41. The topological polar surface area (TPSA) is 43.1 Å². The van der Waals surface area contributed by atoms with E-state index in [1.807, 2.05) is 0 Å². The van der Waals surface area contributed by atoms with Gasteiger partial charge < -0.3 is 0 Å². The molecule has 0 amide bonds. The van der Waals surface area contributed by atoms with Crippen LogP contribution in [-0.2, 0) is 4.79 Å². The summed E-state index contributed by atoms with van der Waals surface area (Å²) in [4.78, 5) is 9.88. The number of nitrogens with two attached hydrogens (primary N) is 1. The maximum absolute atomic E-state index is 11.8. The molecule has 57 valence electrons. The Bertz CT molecular complexity index is 137. The Morgan fingerprint density at radius 1 is 1.50 bits per heavy atom. The van der Waals surface area contributed by atoms with Crippen LogP contribution < -0.4 is 5.73 Å². The summed E-state index contributed by atoms with van der Waals surface area (Å²) in [6.07, 6.45) is -4.84. The quantitative estimate of drug-likeness (QED) is 0.566. The van der Waals surface area contributed by atoms with Crippen molar-refractivity contribution in [2.24, 2.45) is 5.73 Å². The number of aldehydes is 1. The van der Waals surface area contributed by atoms with Crippen molar-refractivity contribution < 1.29 is 18.0 Å². The van der Waals surface area contributed by atoms with E-state index in [0.29, 0.717) is 0 Å². The van der Waals surface area contributed by atoms with E-state index in [1.165, 1.54) is 0 Å². The number of hydrogen-bond acceptors (Lipinski definition) is 2. The number of rotatable bonds is 2. The summed E-state index contributed by atoms with van der Waals surface area (Å²) < 4.78 is 35.0. The predicted molar refractivity (Wildman–Crippen MR) is 29.6 cm³/mol. The van der Waals surface area contributed by atoms with Crippen molar-refractivity contribution in [3.05, 3.63) is 0 Å². The van der Waals surface area contributed by atoms with Gasteiger partial charge in [0, 0.05) is 0 Å². The van der Waals surface area contributed by atoms with Crippen LogP contribution in [-0.4, -0.2) is 43.8 Å². The zero-order valence-corrected chi connectivity index (χ0v) is 8.79. The van der Waals surface area contributed by atoms with Crippen LogP contribution in [0.2, 0.25) is 3.98 Å². The first-order valence-electron chi connectivity index (χ1n) is 2.34. The van der Waals surface area contributed by atoms with Crippen LogP contribution >= 0.6 is 0 Å². The van der Waals surface area contributed by atoms with Crippen molar-refractivity contribution in [3.63, 3.8) is 0 Å². The van der Waals surface area contributed by atoms with E-state index >= 15 is 0 Å². The fourth-order valence-corrected chi connectivity index (χ4v) is 1.31. The van der Waals surface area contributed by atoms with Gasteiger partial charge in [-0.05, 0) is 0 Å². The number of alkyl halides is 3. The van der Waals surface area contributed by atoms with Crippen molar-refractivity contribution in [2.45, 2.75) is 15.7 Å². The summed E-state index contributed by atoms with van der Waals surface area (Å²) in [5, 5.41) is 0. The van der Waals surface area contributed by atoms with E-state index in [-0.39, 0.29) is 36.0 Å². The standard InChI is InChI=1S/C4H5F3NO.Pb/c1-3(8,2-9)4(5,6)7;/h2H,1,8H2;. The van der Waals surface area contributed by atoms with E-state index in [1.54, 1.807) is 0 Å². The van der Waals surface area contributed by atoms with Crippen molar-refractivity contribution in [1.29, 1.82) is 0 Å². The second kappa shape index (κ2) is 3.16. The number of hydrogen-bond donors (Lipinski definition) is 1. The molecule has 0 aliphatic heterocycles. The van der Waals surface area contributed by atoms with Crippen LogP contribution in [0.4, 0.5) is 13.2 Å². The van der Waals surface area contributed by atoms with Crippen LogP contribution in [0.3, 0.4) is 0 Å². The SMILES string of the molecule is NC(C=O)([CH2][Pb])C(F)(F)F. The monoisotopic (exact) mass is 348 g/mol. The van der Waals surface area contributed by atoms with Gasteiger partial charge in [0.25, 0.3) is 0 Å². The van der Waals surface area contributed by atoms with Crippen molar-refractivity contribution >= 4 is 32.1 Å². The first kappa shape index (κ1) is 10.3. The van der Waals surface area contributed by atoms with Gasteiger partial charge in [-0.15, -0.1) is 0 Å². The third-order valence-electron chi connectivity index (χ3n) is 1.03. The number of halogens is 3. The van der Waals surface area contributed by atoms with Crippen molar-refractivity contribution in [2.75, 3.05) is 0 Å². The van der Waals surface area contributed by atoms with Crippen molar-refractivity contribution in [1.82, 2.24) is 0 Å². The molecule has 2 nitrogen and oxygen atoms in total. The molecule has 0 spiro atoms. The summed E-state index contributed by atoms with van der Waals surface area (Å²) >= 11 is 0.261. The number of carbonyl (C=O) groups excluding carboxylic acids is 1. The Balaban J connectivity index is 4.48. The van der Waals surface area contributed by atoms with Crippen LogP contribution in [0, 0.1) is 0 Å². The van der Waals surface area contributed by atoms with Gasteiger partial charge in [-0.1, -0.05) is 0 Å². The first-order valence-corrected chi connectivity index (χ1v) is 5.09. The molecule has 0 rings (SSSR count). The van der Waals surface area contributed by atoms with Gasteiger partial charge in [0.1, 0.15) is 0 Å². The molecule has 6 heteroatoms. The third kappa shape index (κ3) is 1.91. The Labute approximate surface area is 71.6 Å². The molecule has 1 unspecified atom stereocenters. The van der Waals surface area contributed by atoms with E-state index < -0.39 is 11.7 Å². The van der Waals surface area contributed by atoms with E-state index in [0.717, 1.165) is 0 Å². The van der Waals surface area contributed by atoms with Crippen LogP contribution in [0.15, 0.2) is 0 Å². The molecule has 0 aromatic rings. The van der Waals surface area contributed by atoms with E-state index in [4.69, 9.17) is 5.73 Å². The summed E-state index contributed by atoms with van der Waals surface area (Å²) in [5.74, 6) is 0. The Kier molecular flexibility index (Phi) is 3.27. The summed E-state index contributed by atoms with van der Waals surface area (Å²) in [7, 11) is 0. The molecule has 0 saturated heterocycles. The van der Waals surface area contributed by atoms with Crippen LogP contribution in [0.1, 0.15) is 0 Å². The normalized spacial score (nSPS) is 18.1. The first-order chi connectivity index (χ1) is 4.37. The molecular formula is C4H5F3NOPb. The maximum atomic E-state index is 11.8. The predicted octanol–water partition coefficient (Wildman–Crippen LogP) is 0.0319. The van der Waals surface area contributed by atoms with Gasteiger partial charge in [0.15, 0.2) is 0 Å². The Hall–Kier alpha value is 0.342. The fraction of sp³-hybridized carbons (Fsp3) is 0.750. The van der Waals surface area contributed by atoms with Gasteiger partial charge in [-0.3, -0.25) is 0 Å². The molecule has 3 radical (unpaired) electrons. The minimum absolute atomic E-state index is 0.236. The van der Waals surface area contributed by atoms with Gasteiger partial charge in [0.05, 0.1) is 0 Å². The summed E-state index contributed by atoms with van der Waals surface area (Å²) in [6, 6.07) is 0. The Morgan fingerprint density at radius 3 is 1.90 bits per heavy atom. The Morgan fingerprint density at radius 2 is 1.90 bits per heavy atom. The van der Waals surface area contributed by atoms with Crippen LogP contribution in [0.5, 0.6) is 0 Å². The molecule has 0 saturated carbocycles. The second-order valence-electron chi connectivity index (χ2n) is 1.83. The number of carbonyl (C=O) groups is 1. The molecule has 10 heavy (non-hydrogen) atoms. The summed E-state index contributed by atoms with van der Waals surface area (Å²) in [6.45, 7) is 0. The van der Waals surface area contributed by atoms with Crippen molar-refractivity contribution in [3.8, 4) is 0 Å². The zero-order valence-electron chi connectivity index (χ0n) is 4.90. The minimum atomic E-state index is -4.60. The van der Waals surface area contributed by atoms with Gasteiger partial charge >= 0.3 is 71.4 Å². The molecule has 0 bridgehead atoms. The molecule has 0 aliphatic carbocycles. The average Bonchev–Trinajstić information content (AvgIpc) is 1.84. The molecule has 0 heterocycles. The molecule has 0 aromatic heterocycles. The van der Waals surface area contributed by atoms with Gasteiger partial charge in [-0.25, -0.2) is 0 Å². The van der Waals surface area contributed by atoms with E-state index in [2.05, 4.69) is 0 Å². The van der Waals surface area contributed by atoms with Gasteiger partial charge in [-0.2, -0.15) is 0 Å². The third-order valence-corrected chi connectivity index (χ3v) is 3.30. The van der Waals surface area contributed by atoms with Crippen LogP contribution in [0.25, 0.3) is 0 Å². The van der Waals surface area contributed by atoms with E-state index in [9.17, 15) is 18.0 Å². The average molecular weight is 347 g/mol. The molecular weight excluding hydrogens is 342 g/mol. The molecule has 1 atom stereocenters. The molecule has 0 aliphatic rings. The second-order valence-corrected chi connectivity index (χ2v) is 3.21. The fourth-order valence-electron chi connectivity index (χ4n) is 0.209. The summed E-state index contributed by atoms with van der Waals surface area (Å²) in [5.41, 5.74) is 2.12. The molecule has 2 N–H and O–H groups in total. The molecule has 0 fully saturated rings. The van der Waals surface area contributed by atoms with Gasteiger partial charge in [0.2, 0.25) is 0 Å². The molecule has 0 aromatic carbocycles.